The van der Waals surface area contributed by atoms with Crippen LogP contribution in [0.2, 0.25) is 0 Å². The van der Waals surface area contributed by atoms with Gasteiger partial charge in [0.15, 0.2) is 0 Å². The molecule has 0 bridgehead atoms. The van der Waals surface area contributed by atoms with Gasteiger partial charge in [-0.2, -0.15) is 0 Å². The van der Waals surface area contributed by atoms with Gasteiger partial charge in [0.25, 0.3) is 0 Å². The fourth-order valence-electron chi connectivity index (χ4n) is 2.28. The number of anilines is 2. The SMILES string of the molecule is Cc1nc(NCC(C)C)cc(N2CCNCC2C)n1. The third kappa shape index (κ3) is 3.80. The first-order valence-corrected chi connectivity index (χ1v) is 7.13. The van der Waals surface area contributed by atoms with Gasteiger partial charge in [-0.25, -0.2) is 9.97 Å². The summed E-state index contributed by atoms with van der Waals surface area (Å²) in [5.41, 5.74) is 0. The van der Waals surface area contributed by atoms with Gasteiger partial charge in [-0.15, -0.1) is 0 Å². The first kappa shape index (κ1) is 14.1. The first-order chi connectivity index (χ1) is 9.06. The Labute approximate surface area is 115 Å². The lowest BCUT2D eigenvalue weighted by Gasteiger charge is -2.35. The van der Waals surface area contributed by atoms with Crippen molar-refractivity contribution in [3.05, 3.63) is 11.9 Å². The van der Waals surface area contributed by atoms with Crippen LogP contribution in [0.3, 0.4) is 0 Å². The summed E-state index contributed by atoms with van der Waals surface area (Å²) >= 11 is 0. The third-order valence-electron chi connectivity index (χ3n) is 3.31. The van der Waals surface area contributed by atoms with E-state index in [2.05, 4.69) is 52.3 Å². The van der Waals surface area contributed by atoms with Gasteiger partial charge in [0.05, 0.1) is 0 Å². The van der Waals surface area contributed by atoms with Crippen LogP contribution in [0, 0.1) is 12.8 Å². The summed E-state index contributed by atoms with van der Waals surface area (Å²) in [5, 5.41) is 6.79. The predicted molar refractivity (Wildman–Crippen MR) is 79.8 cm³/mol. The average Bonchev–Trinajstić information content (AvgIpc) is 2.36. The molecule has 0 saturated carbocycles. The normalized spacial score (nSPS) is 19.8. The standard InChI is InChI=1S/C14H25N5/c1-10(2)8-16-13-7-14(18-12(4)17-13)19-6-5-15-9-11(19)3/h7,10-11,15H,5-6,8-9H2,1-4H3,(H,16,17,18). The summed E-state index contributed by atoms with van der Waals surface area (Å²) in [6.45, 7) is 12.5. The number of hydrogen-bond donors (Lipinski definition) is 2. The molecule has 2 N–H and O–H groups in total. The number of hydrogen-bond acceptors (Lipinski definition) is 5. The highest BCUT2D eigenvalue weighted by Gasteiger charge is 2.20. The van der Waals surface area contributed by atoms with E-state index in [4.69, 9.17) is 0 Å². The number of aryl methyl sites for hydroxylation is 1. The van der Waals surface area contributed by atoms with E-state index < -0.39 is 0 Å². The van der Waals surface area contributed by atoms with Crippen LogP contribution in [0.5, 0.6) is 0 Å². The topological polar surface area (TPSA) is 53.1 Å². The summed E-state index contributed by atoms with van der Waals surface area (Å²) in [6, 6.07) is 2.54. The zero-order valence-electron chi connectivity index (χ0n) is 12.4. The van der Waals surface area contributed by atoms with Gasteiger partial charge in [0.2, 0.25) is 0 Å². The quantitative estimate of drug-likeness (QED) is 0.865. The summed E-state index contributed by atoms with van der Waals surface area (Å²) in [4.78, 5) is 11.4. The molecule has 1 aromatic rings. The van der Waals surface area contributed by atoms with Gasteiger partial charge in [-0.1, -0.05) is 13.8 Å². The third-order valence-corrected chi connectivity index (χ3v) is 3.31. The van der Waals surface area contributed by atoms with Crippen molar-refractivity contribution in [2.75, 3.05) is 36.4 Å². The maximum absolute atomic E-state index is 4.58. The van der Waals surface area contributed by atoms with Crippen molar-refractivity contribution in [1.29, 1.82) is 0 Å². The number of aromatic nitrogens is 2. The molecule has 1 aromatic heterocycles. The Morgan fingerprint density at radius 2 is 2.26 bits per heavy atom. The average molecular weight is 263 g/mol. The molecule has 1 aliphatic rings. The minimum atomic E-state index is 0.473. The van der Waals surface area contributed by atoms with Gasteiger partial charge in [-0.3, -0.25) is 0 Å². The molecule has 19 heavy (non-hydrogen) atoms. The Morgan fingerprint density at radius 1 is 1.47 bits per heavy atom. The molecular weight excluding hydrogens is 238 g/mol. The molecule has 0 radical (unpaired) electrons. The van der Waals surface area contributed by atoms with E-state index in [9.17, 15) is 0 Å². The molecule has 0 aromatic carbocycles. The molecule has 0 spiro atoms. The smallest absolute Gasteiger partial charge is 0.134 e. The Bertz CT molecular complexity index is 418. The van der Waals surface area contributed by atoms with Crippen molar-refractivity contribution in [3.63, 3.8) is 0 Å². The van der Waals surface area contributed by atoms with Gasteiger partial charge < -0.3 is 15.5 Å². The summed E-state index contributed by atoms with van der Waals surface area (Å²) in [5.74, 6) is 3.40. The molecule has 1 saturated heterocycles. The Kier molecular flexibility index (Phi) is 4.58. The van der Waals surface area contributed by atoms with E-state index in [0.29, 0.717) is 12.0 Å². The fourth-order valence-corrected chi connectivity index (χ4v) is 2.28. The summed E-state index contributed by atoms with van der Waals surface area (Å²) in [6.07, 6.45) is 0. The van der Waals surface area contributed by atoms with E-state index in [-0.39, 0.29) is 0 Å². The lowest BCUT2D eigenvalue weighted by molar-refractivity contribution is 0.496. The van der Waals surface area contributed by atoms with Crippen molar-refractivity contribution < 1.29 is 0 Å². The van der Waals surface area contributed by atoms with Crippen molar-refractivity contribution in [1.82, 2.24) is 15.3 Å². The predicted octanol–water partition coefficient (Wildman–Crippen LogP) is 1.65. The summed E-state index contributed by atoms with van der Waals surface area (Å²) < 4.78 is 0. The van der Waals surface area contributed by atoms with Crippen LogP contribution < -0.4 is 15.5 Å². The molecule has 106 valence electrons. The van der Waals surface area contributed by atoms with Crippen LogP contribution in [-0.4, -0.2) is 42.2 Å². The number of rotatable bonds is 4. The second-order valence-electron chi connectivity index (χ2n) is 5.68. The van der Waals surface area contributed by atoms with E-state index in [1.165, 1.54) is 0 Å². The van der Waals surface area contributed by atoms with Crippen LogP contribution in [0.15, 0.2) is 6.07 Å². The van der Waals surface area contributed by atoms with E-state index in [0.717, 1.165) is 43.6 Å². The van der Waals surface area contributed by atoms with Gasteiger partial charge in [-0.05, 0) is 19.8 Å². The van der Waals surface area contributed by atoms with Crippen molar-refractivity contribution >= 4 is 11.6 Å². The zero-order chi connectivity index (χ0) is 13.8. The van der Waals surface area contributed by atoms with Gasteiger partial charge in [0.1, 0.15) is 17.5 Å². The highest BCUT2D eigenvalue weighted by molar-refractivity contribution is 5.50. The van der Waals surface area contributed by atoms with Crippen molar-refractivity contribution in [3.8, 4) is 0 Å². The minimum Gasteiger partial charge on any atom is -0.370 e. The molecule has 1 unspecified atom stereocenters. The molecule has 0 aliphatic carbocycles. The highest BCUT2D eigenvalue weighted by atomic mass is 15.3. The monoisotopic (exact) mass is 263 g/mol. The number of nitrogens with zero attached hydrogens (tertiary/aromatic N) is 3. The lowest BCUT2D eigenvalue weighted by Crippen LogP contribution is -2.50. The Hall–Kier alpha value is -1.36. The second kappa shape index (κ2) is 6.19. The van der Waals surface area contributed by atoms with E-state index >= 15 is 0 Å². The lowest BCUT2D eigenvalue weighted by atomic mass is 10.2. The van der Waals surface area contributed by atoms with E-state index in [1.807, 2.05) is 6.92 Å². The van der Waals surface area contributed by atoms with E-state index in [1.54, 1.807) is 0 Å². The van der Waals surface area contributed by atoms with Gasteiger partial charge >= 0.3 is 0 Å². The maximum Gasteiger partial charge on any atom is 0.134 e. The van der Waals surface area contributed by atoms with Crippen LogP contribution in [0.25, 0.3) is 0 Å². The second-order valence-corrected chi connectivity index (χ2v) is 5.68. The van der Waals surface area contributed by atoms with Crippen molar-refractivity contribution in [2.45, 2.75) is 33.7 Å². The molecular formula is C14H25N5. The minimum absolute atomic E-state index is 0.473. The maximum atomic E-state index is 4.58. The molecule has 1 atom stereocenters. The van der Waals surface area contributed by atoms with Crippen LogP contribution in [-0.2, 0) is 0 Å². The Balaban J connectivity index is 2.15. The molecule has 1 fully saturated rings. The largest absolute Gasteiger partial charge is 0.370 e. The van der Waals surface area contributed by atoms with Crippen LogP contribution in [0.1, 0.15) is 26.6 Å². The Morgan fingerprint density at radius 3 is 2.95 bits per heavy atom. The van der Waals surface area contributed by atoms with Crippen LogP contribution >= 0.6 is 0 Å². The molecule has 1 aliphatic heterocycles. The zero-order valence-corrected chi connectivity index (χ0v) is 12.4. The van der Waals surface area contributed by atoms with Crippen LogP contribution in [0.4, 0.5) is 11.6 Å². The highest BCUT2D eigenvalue weighted by Crippen LogP contribution is 2.19. The molecule has 5 heteroatoms. The molecule has 2 heterocycles. The molecule has 5 nitrogen and oxygen atoms in total. The molecule has 2 rings (SSSR count). The summed E-state index contributed by atoms with van der Waals surface area (Å²) in [7, 11) is 0. The molecule has 0 amide bonds. The van der Waals surface area contributed by atoms with Crippen molar-refractivity contribution in [2.24, 2.45) is 5.92 Å². The fraction of sp³-hybridized carbons (Fsp3) is 0.714. The van der Waals surface area contributed by atoms with Gasteiger partial charge in [0, 0.05) is 38.3 Å². The number of piperazine rings is 1. The first-order valence-electron chi connectivity index (χ1n) is 7.13. The number of nitrogens with one attached hydrogen (secondary N) is 2.